The molecule has 5 nitrogen and oxygen atoms in total. The molecule has 1 fully saturated rings. The number of fused-ring (bicyclic) bond motifs is 1. The van der Waals surface area contributed by atoms with Crippen molar-refractivity contribution in [1.82, 2.24) is 14.8 Å². The van der Waals surface area contributed by atoms with Crippen LogP contribution < -0.4 is 4.74 Å². The van der Waals surface area contributed by atoms with Crippen LogP contribution in [0.3, 0.4) is 0 Å². The number of piperidine rings is 1. The molecule has 0 saturated carbocycles. The fourth-order valence-electron chi connectivity index (χ4n) is 5.09. The molecule has 1 N–H and O–H groups in total. The maximum atomic E-state index is 10.8. The zero-order chi connectivity index (χ0) is 22.5. The zero-order valence-corrected chi connectivity index (χ0v) is 19.1. The number of aliphatic hydroxyl groups is 1. The third kappa shape index (κ3) is 5.44. The minimum Gasteiger partial charge on any atom is -0.492 e. The van der Waals surface area contributed by atoms with Crippen LogP contribution in [0.5, 0.6) is 5.75 Å². The van der Waals surface area contributed by atoms with E-state index in [0.717, 1.165) is 56.0 Å². The van der Waals surface area contributed by atoms with Crippen molar-refractivity contribution >= 4 is 0 Å². The van der Waals surface area contributed by atoms with Crippen LogP contribution >= 0.6 is 0 Å². The first kappa shape index (κ1) is 22.1. The van der Waals surface area contributed by atoms with Crippen molar-refractivity contribution in [2.24, 2.45) is 0 Å². The molecule has 2 aliphatic heterocycles. The van der Waals surface area contributed by atoms with E-state index in [1.165, 1.54) is 24.0 Å². The predicted molar refractivity (Wildman–Crippen MR) is 130 cm³/mol. The van der Waals surface area contributed by atoms with E-state index < -0.39 is 6.10 Å². The van der Waals surface area contributed by atoms with Crippen molar-refractivity contribution in [3.05, 3.63) is 95.3 Å². The van der Waals surface area contributed by atoms with Gasteiger partial charge in [-0.2, -0.15) is 0 Å². The average Bonchev–Trinajstić information content (AvgIpc) is 3.10. The molecule has 3 heterocycles. The van der Waals surface area contributed by atoms with Crippen LogP contribution in [0.4, 0.5) is 0 Å². The van der Waals surface area contributed by atoms with Gasteiger partial charge in [0.1, 0.15) is 18.5 Å². The summed E-state index contributed by atoms with van der Waals surface area (Å²) in [4.78, 5) is 9.34. The van der Waals surface area contributed by atoms with Crippen LogP contribution in [-0.4, -0.2) is 58.7 Å². The van der Waals surface area contributed by atoms with Gasteiger partial charge in [-0.3, -0.25) is 9.88 Å². The molecule has 0 amide bonds. The van der Waals surface area contributed by atoms with Gasteiger partial charge in [0.2, 0.25) is 0 Å². The SMILES string of the molecule is O[C@H](c1cccnc1)c1ccc2c(c1)CN(C1CCN(CCc3ccccc3)CC1)CCO2. The summed E-state index contributed by atoms with van der Waals surface area (Å²) in [6.07, 6.45) is 6.30. The Labute approximate surface area is 196 Å². The molecule has 5 rings (SSSR count). The molecular formula is C28H33N3O2. The molecule has 0 unspecified atom stereocenters. The lowest BCUT2D eigenvalue weighted by Crippen LogP contribution is -2.45. The highest BCUT2D eigenvalue weighted by atomic mass is 16.5. The normalized spacial score (nSPS) is 18.8. The fourth-order valence-corrected chi connectivity index (χ4v) is 5.09. The number of benzene rings is 2. The second-order valence-corrected chi connectivity index (χ2v) is 9.18. The Hall–Kier alpha value is -2.73. The van der Waals surface area contributed by atoms with Gasteiger partial charge in [0.15, 0.2) is 0 Å². The molecule has 2 aromatic carbocycles. The smallest absolute Gasteiger partial charge is 0.123 e. The monoisotopic (exact) mass is 443 g/mol. The van der Waals surface area contributed by atoms with Crippen molar-refractivity contribution in [1.29, 1.82) is 0 Å². The third-order valence-electron chi connectivity index (χ3n) is 7.04. The number of hydrogen-bond acceptors (Lipinski definition) is 5. The van der Waals surface area contributed by atoms with E-state index >= 15 is 0 Å². The van der Waals surface area contributed by atoms with Gasteiger partial charge in [0.05, 0.1) is 0 Å². The molecule has 0 radical (unpaired) electrons. The fraction of sp³-hybridized carbons (Fsp3) is 0.393. The van der Waals surface area contributed by atoms with Crippen molar-refractivity contribution in [3.63, 3.8) is 0 Å². The summed E-state index contributed by atoms with van der Waals surface area (Å²) in [7, 11) is 0. The molecule has 33 heavy (non-hydrogen) atoms. The van der Waals surface area contributed by atoms with E-state index in [1.54, 1.807) is 12.4 Å². The molecule has 0 aliphatic carbocycles. The van der Waals surface area contributed by atoms with Gasteiger partial charge in [-0.25, -0.2) is 0 Å². The standard InChI is InChI=1S/C28H33N3O2/c32-28(24-7-4-13-29-20-24)23-8-9-27-25(19-23)21-31(17-18-33-27)26-11-15-30(16-12-26)14-10-22-5-2-1-3-6-22/h1-9,13,19-20,26,28,32H,10-12,14-18,21H2/t28-/m0/s1. The number of aliphatic hydroxyl groups excluding tert-OH is 1. The van der Waals surface area contributed by atoms with E-state index in [1.807, 2.05) is 24.3 Å². The summed E-state index contributed by atoms with van der Waals surface area (Å²) in [6.45, 7) is 5.98. The molecule has 172 valence electrons. The van der Waals surface area contributed by atoms with Crippen LogP contribution in [-0.2, 0) is 13.0 Å². The van der Waals surface area contributed by atoms with Crippen LogP contribution in [0.15, 0.2) is 73.1 Å². The maximum Gasteiger partial charge on any atom is 0.123 e. The summed E-state index contributed by atoms with van der Waals surface area (Å²) in [6, 6.07) is 21.2. The van der Waals surface area contributed by atoms with Gasteiger partial charge in [-0.05, 0) is 61.7 Å². The first-order valence-electron chi connectivity index (χ1n) is 12.1. The Kier molecular flexibility index (Phi) is 7.01. The first-order chi connectivity index (χ1) is 16.3. The molecule has 5 heteroatoms. The number of rotatable bonds is 6. The summed E-state index contributed by atoms with van der Waals surface area (Å²) >= 11 is 0. The zero-order valence-electron chi connectivity index (χ0n) is 19.1. The van der Waals surface area contributed by atoms with Gasteiger partial charge in [-0.1, -0.05) is 42.5 Å². The minimum absolute atomic E-state index is 0.583. The van der Waals surface area contributed by atoms with E-state index in [2.05, 4.69) is 51.2 Å². The molecular weight excluding hydrogens is 410 g/mol. The number of pyridine rings is 1. The van der Waals surface area contributed by atoms with E-state index in [4.69, 9.17) is 4.74 Å². The van der Waals surface area contributed by atoms with E-state index in [9.17, 15) is 5.11 Å². The summed E-state index contributed by atoms with van der Waals surface area (Å²) in [5.74, 6) is 0.944. The molecule has 3 aromatic rings. The van der Waals surface area contributed by atoms with E-state index in [0.29, 0.717) is 12.6 Å². The number of hydrogen-bond donors (Lipinski definition) is 1. The molecule has 1 saturated heterocycles. The average molecular weight is 444 g/mol. The van der Waals surface area contributed by atoms with E-state index in [-0.39, 0.29) is 0 Å². The summed E-state index contributed by atoms with van der Waals surface area (Å²) < 4.78 is 6.07. The van der Waals surface area contributed by atoms with Gasteiger partial charge in [0.25, 0.3) is 0 Å². The predicted octanol–water partition coefficient (Wildman–Crippen LogP) is 4.06. The molecule has 0 spiro atoms. The minimum atomic E-state index is -0.673. The Balaban J connectivity index is 1.20. The van der Waals surface area contributed by atoms with Crippen molar-refractivity contribution in [3.8, 4) is 5.75 Å². The van der Waals surface area contributed by atoms with Crippen molar-refractivity contribution < 1.29 is 9.84 Å². The van der Waals surface area contributed by atoms with Crippen LogP contribution in [0, 0.1) is 0 Å². The van der Waals surface area contributed by atoms with Crippen LogP contribution in [0.1, 0.15) is 41.2 Å². The highest BCUT2D eigenvalue weighted by Crippen LogP contribution is 2.31. The first-order valence-corrected chi connectivity index (χ1v) is 12.1. The summed E-state index contributed by atoms with van der Waals surface area (Å²) in [5, 5.41) is 10.8. The second-order valence-electron chi connectivity index (χ2n) is 9.18. The summed E-state index contributed by atoms with van der Waals surface area (Å²) in [5.41, 5.74) is 4.29. The number of ether oxygens (including phenoxy) is 1. The van der Waals surface area contributed by atoms with Crippen LogP contribution in [0.25, 0.3) is 0 Å². The quantitative estimate of drug-likeness (QED) is 0.623. The van der Waals surface area contributed by atoms with Gasteiger partial charge in [0, 0.05) is 49.2 Å². The Bertz CT molecular complexity index is 1020. The molecule has 0 bridgehead atoms. The van der Waals surface area contributed by atoms with Gasteiger partial charge < -0.3 is 14.7 Å². The number of likely N-dealkylation sites (tertiary alicyclic amines) is 1. The molecule has 1 atom stereocenters. The number of aromatic nitrogens is 1. The lowest BCUT2D eigenvalue weighted by atomic mass is 9.98. The Morgan fingerprint density at radius 3 is 2.61 bits per heavy atom. The van der Waals surface area contributed by atoms with Crippen molar-refractivity contribution in [2.75, 3.05) is 32.8 Å². The third-order valence-corrected chi connectivity index (χ3v) is 7.04. The second kappa shape index (κ2) is 10.5. The van der Waals surface area contributed by atoms with Gasteiger partial charge >= 0.3 is 0 Å². The van der Waals surface area contributed by atoms with Gasteiger partial charge in [-0.15, -0.1) is 0 Å². The number of nitrogens with zero attached hydrogens (tertiary/aromatic N) is 3. The lowest BCUT2D eigenvalue weighted by molar-refractivity contribution is 0.0974. The molecule has 1 aromatic heterocycles. The Morgan fingerprint density at radius 2 is 1.82 bits per heavy atom. The Morgan fingerprint density at radius 1 is 0.970 bits per heavy atom. The highest BCUT2D eigenvalue weighted by Gasteiger charge is 2.27. The largest absolute Gasteiger partial charge is 0.492 e. The highest BCUT2D eigenvalue weighted by molar-refractivity contribution is 5.41. The lowest BCUT2D eigenvalue weighted by Gasteiger charge is -2.38. The van der Waals surface area contributed by atoms with Crippen LogP contribution in [0.2, 0.25) is 0 Å². The molecule has 2 aliphatic rings. The topological polar surface area (TPSA) is 48.8 Å². The van der Waals surface area contributed by atoms with Crippen molar-refractivity contribution in [2.45, 2.75) is 38.0 Å². The maximum absolute atomic E-state index is 10.8.